The van der Waals surface area contributed by atoms with Gasteiger partial charge >= 0.3 is 17.9 Å². The van der Waals surface area contributed by atoms with Crippen LogP contribution in [-0.4, -0.2) is 53.7 Å². The molecule has 3 unspecified atom stereocenters. The predicted octanol–water partition coefficient (Wildman–Crippen LogP) is 1.77. The summed E-state index contributed by atoms with van der Waals surface area (Å²) in [5, 5.41) is 18.7. The summed E-state index contributed by atoms with van der Waals surface area (Å²) in [5.74, 6) is -2.37. The van der Waals surface area contributed by atoms with E-state index in [9.17, 15) is 24.5 Å². The van der Waals surface area contributed by atoms with Gasteiger partial charge in [-0.2, -0.15) is 10.2 Å². The van der Waals surface area contributed by atoms with Crippen molar-refractivity contribution in [2.24, 2.45) is 10.2 Å². The van der Waals surface area contributed by atoms with Gasteiger partial charge in [0.15, 0.2) is 6.10 Å². The van der Waals surface area contributed by atoms with Gasteiger partial charge in [-0.1, -0.05) is 12.1 Å². The number of carbonyl (C=O) groups excluding carboxylic acids is 3. The molecule has 2 rings (SSSR count). The largest absolute Gasteiger partial charge is 0.464 e. The Kier molecular flexibility index (Phi) is 6.97. The Balaban J connectivity index is 2.46. The molecule has 0 bridgehead atoms. The number of hydrogen-bond acceptors (Lipinski definition) is 10. The van der Waals surface area contributed by atoms with Gasteiger partial charge < -0.3 is 14.2 Å². The highest BCUT2D eigenvalue weighted by Gasteiger charge is 2.59. The summed E-state index contributed by atoms with van der Waals surface area (Å²) >= 11 is 0. The summed E-state index contributed by atoms with van der Waals surface area (Å²) in [5.41, 5.74) is -1.48. The molecular weight excluding hydrogens is 386 g/mol. The molecule has 0 aliphatic carbocycles. The van der Waals surface area contributed by atoms with Crippen LogP contribution in [0.25, 0.3) is 0 Å². The number of carbonyl (C=O) groups is 3. The number of nitro groups is 1. The van der Waals surface area contributed by atoms with E-state index in [0.717, 1.165) is 6.92 Å². The number of ether oxygens (including phenoxy) is 3. The number of non-ortho nitro benzene ring substituents is 1. The van der Waals surface area contributed by atoms with Crippen LogP contribution in [0, 0.1) is 10.1 Å². The fourth-order valence-electron chi connectivity index (χ4n) is 2.95. The van der Waals surface area contributed by atoms with Crippen LogP contribution in [-0.2, 0) is 35.0 Å². The third-order valence-electron chi connectivity index (χ3n) is 4.19. The number of hydrogen-bond donors (Lipinski definition) is 0. The second-order valence-electron chi connectivity index (χ2n) is 6.19. The van der Waals surface area contributed by atoms with Crippen molar-refractivity contribution in [3.8, 4) is 0 Å². The normalized spacial score (nSPS) is 22.7. The van der Waals surface area contributed by atoms with Crippen LogP contribution in [0.15, 0.2) is 34.5 Å². The van der Waals surface area contributed by atoms with Gasteiger partial charge in [0.05, 0.1) is 18.1 Å². The standard InChI is InChI=1S/C18H21N3O8/c1-4-27-16(23)14-15(29-11(3)22)18(20-19-14,17(24)28-5-2)10-12-6-8-13(9-7-12)21(25)26/h6-9,14-15H,4-5,10H2,1-3H3. The molecule has 1 aromatic rings. The van der Waals surface area contributed by atoms with E-state index >= 15 is 0 Å². The number of azo groups is 1. The van der Waals surface area contributed by atoms with E-state index in [1.165, 1.54) is 24.3 Å². The molecule has 0 radical (unpaired) electrons. The first-order valence-corrected chi connectivity index (χ1v) is 8.91. The molecule has 0 aromatic heterocycles. The van der Waals surface area contributed by atoms with Crippen molar-refractivity contribution in [1.82, 2.24) is 0 Å². The maximum atomic E-state index is 12.8. The van der Waals surface area contributed by atoms with Crippen molar-refractivity contribution >= 4 is 23.6 Å². The molecule has 0 fully saturated rings. The highest BCUT2D eigenvalue weighted by atomic mass is 16.6. The molecule has 0 saturated heterocycles. The Morgan fingerprint density at radius 2 is 1.76 bits per heavy atom. The lowest BCUT2D eigenvalue weighted by Crippen LogP contribution is -2.55. The molecule has 0 saturated carbocycles. The van der Waals surface area contributed by atoms with Crippen molar-refractivity contribution < 1.29 is 33.5 Å². The second kappa shape index (κ2) is 9.22. The molecule has 1 aromatic carbocycles. The van der Waals surface area contributed by atoms with E-state index in [4.69, 9.17) is 14.2 Å². The van der Waals surface area contributed by atoms with Gasteiger partial charge in [0.2, 0.25) is 11.6 Å². The Hall–Kier alpha value is -3.37. The molecule has 0 spiro atoms. The van der Waals surface area contributed by atoms with Crippen molar-refractivity contribution in [3.05, 3.63) is 39.9 Å². The van der Waals surface area contributed by atoms with E-state index < -0.39 is 40.5 Å². The Labute approximate surface area is 166 Å². The number of rotatable bonds is 8. The maximum Gasteiger partial charge on any atom is 0.340 e. The average molecular weight is 407 g/mol. The summed E-state index contributed by atoms with van der Waals surface area (Å²) in [6, 6.07) is 4.09. The molecular formula is C18H21N3O8. The van der Waals surface area contributed by atoms with E-state index in [2.05, 4.69) is 10.2 Å². The van der Waals surface area contributed by atoms with E-state index in [1.54, 1.807) is 13.8 Å². The van der Waals surface area contributed by atoms with Crippen LogP contribution in [0.3, 0.4) is 0 Å². The molecule has 11 heteroatoms. The van der Waals surface area contributed by atoms with Crippen LogP contribution in [0.1, 0.15) is 26.3 Å². The van der Waals surface area contributed by atoms with Gasteiger partial charge in [-0.25, -0.2) is 9.59 Å². The Morgan fingerprint density at radius 1 is 1.14 bits per heavy atom. The van der Waals surface area contributed by atoms with E-state index in [1.807, 2.05) is 0 Å². The Bertz CT molecular complexity index is 823. The number of benzene rings is 1. The Morgan fingerprint density at radius 3 is 2.28 bits per heavy atom. The monoisotopic (exact) mass is 407 g/mol. The zero-order valence-electron chi connectivity index (χ0n) is 16.2. The smallest absolute Gasteiger partial charge is 0.340 e. The highest BCUT2D eigenvalue weighted by Crippen LogP contribution is 2.36. The van der Waals surface area contributed by atoms with Gasteiger partial charge in [0.25, 0.3) is 5.69 Å². The fraction of sp³-hybridized carbons (Fsp3) is 0.500. The minimum atomic E-state index is -1.82. The lowest BCUT2D eigenvalue weighted by Gasteiger charge is -2.30. The minimum absolute atomic E-state index is 0.0211. The molecule has 156 valence electrons. The average Bonchev–Trinajstić information content (AvgIpc) is 3.01. The second-order valence-corrected chi connectivity index (χ2v) is 6.19. The molecule has 1 heterocycles. The summed E-state index contributed by atoms with van der Waals surface area (Å²) in [6.45, 7) is 4.40. The highest BCUT2D eigenvalue weighted by molar-refractivity contribution is 5.87. The van der Waals surface area contributed by atoms with Crippen LogP contribution in [0.5, 0.6) is 0 Å². The molecule has 0 N–H and O–H groups in total. The zero-order chi connectivity index (χ0) is 21.6. The molecule has 1 aliphatic rings. The van der Waals surface area contributed by atoms with Gasteiger partial charge in [0.1, 0.15) is 0 Å². The van der Waals surface area contributed by atoms with E-state index in [-0.39, 0.29) is 25.3 Å². The van der Waals surface area contributed by atoms with Crippen LogP contribution < -0.4 is 0 Å². The molecule has 11 nitrogen and oxygen atoms in total. The summed E-state index contributed by atoms with van der Waals surface area (Å²) in [4.78, 5) is 47.1. The van der Waals surface area contributed by atoms with Gasteiger partial charge in [-0.3, -0.25) is 14.9 Å². The van der Waals surface area contributed by atoms with Crippen molar-refractivity contribution in [2.45, 2.75) is 44.9 Å². The topological polar surface area (TPSA) is 147 Å². The first-order valence-electron chi connectivity index (χ1n) is 8.91. The van der Waals surface area contributed by atoms with Crippen LogP contribution in [0.4, 0.5) is 5.69 Å². The first kappa shape index (κ1) is 21.9. The predicted molar refractivity (Wildman–Crippen MR) is 97.0 cm³/mol. The number of nitrogens with zero attached hydrogens (tertiary/aromatic N) is 3. The third-order valence-corrected chi connectivity index (χ3v) is 4.19. The van der Waals surface area contributed by atoms with Crippen molar-refractivity contribution in [1.29, 1.82) is 0 Å². The quantitative estimate of drug-likeness (QED) is 0.274. The fourth-order valence-corrected chi connectivity index (χ4v) is 2.95. The summed E-state index contributed by atoms with van der Waals surface area (Å²) < 4.78 is 15.3. The van der Waals surface area contributed by atoms with Crippen LogP contribution in [0.2, 0.25) is 0 Å². The first-order chi connectivity index (χ1) is 13.7. The van der Waals surface area contributed by atoms with Crippen LogP contribution >= 0.6 is 0 Å². The number of nitro benzene ring substituents is 1. The maximum absolute atomic E-state index is 12.8. The lowest BCUT2D eigenvalue weighted by atomic mass is 9.83. The van der Waals surface area contributed by atoms with Crippen molar-refractivity contribution in [2.75, 3.05) is 13.2 Å². The SMILES string of the molecule is CCOC(=O)C1N=NC(Cc2ccc([N+](=O)[O-])cc2)(C(=O)OCC)C1OC(C)=O. The molecule has 0 amide bonds. The zero-order valence-corrected chi connectivity index (χ0v) is 16.2. The summed E-state index contributed by atoms with van der Waals surface area (Å²) in [6.07, 6.45) is -1.53. The number of esters is 3. The molecule has 1 aliphatic heterocycles. The van der Waals surface area contributed by atoms with Gasteiger partial charge in [0, 0.05) is 25.5 Å². The third kappa shape index (κ3) is 4.73. The van der Waals surface area contributed by atoms with Gasteiger partial charge in [-0.05, 0) is 19.4 Å². The van der Waals surface area contributed by atoms with Crippen molar-refractivity contribution in [3.63, 3.8) is 0 Å². The van der Waals surface area contributed by atoms with E-state index in [0.29, 0.717) is 5.56 Å². The summed E-state index contributed by atoms with van der Waals surface area (Å²) in [7, 11) is 0. The minimum Gasteiger partial charge on any atom is -0.464 e. The molecule has 3 atom stereocenters. The lowest BCUT2D eigenvalue weighted by molar-refractivity contribution is -0.384. The van der Waals surface area contributed by atoms with Gasteiger partial charge in [-0.15, -0.1) is 0 Å². The molecule has 29 heavy (non-hydrogen) atoms.